The van der Waals surface area contributed by atoms with Gasteiger partial charge < -0.3 is 20.1 Å². The van der Waals surface area contributed by atoms with Crippen molar-refractivity contribution in [3.8, 4) is 0 Å². The molecule has 0 aliphatic heterocycles. The number of carbonyl (C=O) groups is 2. The van der Waals surface area contributed by atoms with E-state index in [0.29, 0.717) is 6.42 Å². The largest absolute Gasteiger partial charge is 0.472 e. The molecule has 0 aliphatic rings. The molecule has 0 rings (SSSR count). The summed E-state index contributed by atoms with van der Waals surface area (Å²) in [5.74, 6) is -0.533. The van der Waals surface area contributed by atoms with E-state index in [-0.39, 0.29) is 32.1 Å². The Morgan fingerprint density at radius 1 is 0.612 bits per heavy atom. The summed E-state index contributed by atoms with van der Waals surface area (Å²) in [6.45, 7) is 3.51. The number of esters is 1. The maximum atomic E-state index is 12.1. The lowest BCUT2D eigenvalue weighted by atomic mass is 10.1. The number of hydrogen-bond donors (Lipinski definition) is 3. The monoisotopic (exact) mass is 716 g/mol. The average Bonchev–Trinajstić information content (AvgIpc) is 3.08. The van der Waals surface area contributed by atoms with Gasteiger partial charge in [-0.15, -0.1) is 0 Å². The number of unbranched alkanes of at least 4 members (excludes halogenated alkanes) is 20. The molecule has 0 aromatic rings. The van der Waals surface area contributed by atoms with Gasteiger partial charge in [0.25, 0.3) is 0 Å². The van der Waals surface area contributed by atoms with Gasteiger partial charge in [-0.2, -0.15) is 0 Å². The number of ether oxygens (including phenoxy) is 1. The summed E-state index contributed by atoms with van der Waals surface area (Å²) in [6.07, 6.45) is 36.7. The SMILES string of the molecule is CCCCCCC/C=C\CCCCCCCC(=O)NCCOP(=O)(O)OCC(O)COC(=O)CCCCCCC/C=C\CCCCCCC. The Morgan fingerprint density at radius 2 is 1.04 bits per heavy atom. The molecule has 1 amide bonds. The van der Waals surface area contributed by atoms with E-state index < -0.39 is 26.5 Å². The second-order valence-corrected chi connectivity index (χ2v) is 14.7. The third-order valence-electron chi connectivity index (χ3n) is 8.35. The van der Waals surface area contributed by atoms with Crippen molar-refractivity contribution in [1.29, 1.82) is 0 Å². The van der Waals surface area contributed by atoms with Crippen molar-refractivity contribution in [2.45, 2.75) is 187 Å². The first-order chi connectivity index (χ1) is 23.8. The molecule has 9 nitrogen and oxygen atoms in total. The zero-order valence-corrected chi connectivity index (χ0v) is 32.3. The maximum Gasteiger partial charge on any atom is 0.472 e. The van der Waals surface area contributed by atoms with Gasteiger partial charge in [-0.3, -0.25) is 18.6 Å². The Morgan fingerprint density at radius 3 is 1.53 bits per heavy atom. The number of nitrogens with one attached hydrogen (secondary N) is 1. The second kappa shape index (κ2) is 36.3. The van der Waals surface area contributed by atoms with E-state index >= 15 is 0 Å². The summed E-state index contributed by atoms with van der Waals surface area (Å²) in [5.41, 5.74) is 0. The van der Waals surface area contributed by atoms with Gasteiger partial charge in [0, 0.05) is 19.4 Å². The van der Waals surface area contributed by atoms with Crippen molar-refractivity contribution in [3.63, 3.8) is 0 Å². The zero-order chi connectivity index (χ0) is 36.1. The van der Waals surface area contributed by atoms with E-state index in [0.717, 1.165) is 70.6 Å². The Balaban J connectivity index is 3.64. The highest BCUT2D eigenvalue weighted by atomic mass is 31.2. The molecular weight excluding hydrogens is 641 g/mol. The van der Waals surface area contributed by atoms with Gasteiger partial charge in [-0.05, 0) is 64.2 Å². The van der Waals surface area contributed by atoms with E-state index in [9.17, 15) is 24.2 Å². The van der Waals surface area contributed by atoms with Crippen LogP contribution in [0.15, 0.2) is 24.3 Å². The number of amides is 1. The summed E-state index contributed by atoms with van der Waals surface area (Å²) in [5, 5.41) is 12.6. The second-order valence-electron chi connectivity index (χ2n) is 13.2. The highest BCUT2D eigenvalue weighted by Gasteiger charge is 2.23. The lowest BCUT2D eigenvalue weighted by Crippen LogP contribution is -2.27. The molecule has 0 aromatic carbocycles. The first-order valence-corrected chi connectivity index (χ1v) is 21.3. The minimum atomic E-state index is -4.41. The molecule has 10 heteroatoms. The molecule has 0 spiro atoms. The number of allylic oxidation sites excluding steroid dienone is 4. The van der Waals surface area contributed by atoms with Crippen molar-refractivity contribution in [2.75, 3.05) is 26.4 Å². The molecule has 288 valence electrons. The molecule has 0 aromatic heterocycles. The average molecular weight is 716 g/mol. The Labute approximate surface area is 300 Å². The molecule has 0 aliphatic carbocycles. The summed E-state index contributed by atoms with van der Waals surface area (Å²) < 4.78 is 26.8. The molecule has 0 radical (unpaired) electrons. The normalized spacial score (nSPS) is 13.6. The predicted molar refractivity (Wildman–Crippen MR) is 201 cm³/mol. The molecule has 2 atom stereocenters. The van der Waals surface area contributed by atoms with Crippen LogP contribution in [0.1, 0.15) is 181 Å². The van der Waals surface area contributed by atoms with Crippen LogP contribution >= 0.6 is 7.82 Å². The van der Waals surface area contributed by atoms with Gasteiger partial charge in [0.05, 0.1) is 13.2 Å². The summed E-state index contributed by atoms with van der Waals surface area (Å²) >= 11 is 0. The molecular formula is C39H74NO8P. The molecule has 0 bridgehead atoms. The number of rotatable bonds is 37. The molecule has 49 heavy (non-hydrogen) atoms. The minimum Gasteiger partial charge on any atom is -0.463 e. The molecule has 0 saturated carbocycles. The van der Waals surface area contributed by atoms with Crippen LogP contribution in [-0.2, 0) is 27.9 Å². The summed E-state index contributed by atoms with van der Waals surface area (Å²) in [4.78, 5) is 33.8. The lowest BCUT2D eigenvalue weighted by Gasteiger charge is -2.15. The van der Waals surface area contributed by atoms with Crippen molar-refractivity contribution in [1.82, 2.24) is 5.32 Å². The highest BCUT2D eigenvalue weighted by molar-refractivity contribution is 7.47. The number of aliphatic hydroxyl groups is 1. The van der Waals surface area contributed by atoms with Gasteiger partial charge in [-0.25, -0.2) is 4.57 Å². The van der Waals surface area contributed by atoms with Crippen LogP contribution in [-0.4, -0.2) is 54.3 Å². The predicted octanol–water partition coefficient (Wildman–Crippen LogP) is 10.4. The number of hydrogen-bond acceptors (Lipinski definition) is 7. The van der Waals surface area contributed by atoms with Crippen LogP contribution in [0.25, 0.3) is 0 Å². The van der Waals surface area contributed by atoms with E-state index in [1.54, 1.807) is 0 Å². The molecule has 0 saturated heterocycles. The fraction of sp³-hybridized carbons (Fsp3) is 0.846. The van der Waals surface area contributed by atoms with E-state index in [4.69, 9.17) is 13.8 Å². The Bertz CT molecular complexity index is 866. The van der Waals surface area contributed by atoms with Gasteiger partial charge in [0.2, 0.25) is 5.91 Å². The van der Waals surface area contributed by atoms with Crippen LogP contribution < -0.4 is 5.32 Å². The maximum absolute atomic E-state index is 12.1. The molecule has 3 N–H and O–H groups in total. The van der Waals surface area contributed by atoms with E-state index in [1.165, 1.54) is 83.5 Å². The topological polar surface area (TPSA) is 131 Å². The quantitative estimate of drug-likeness (QED) is 0.0251. The van der Waals surface area contributed by atoms with Crippen molar-refractivity contribution < 1.29 is 37.9 Å². The highest BCUT2D eigenvalue weighted by Crippen LogP contribution is 2.42. The van der Waals surface area contributed by atoms with Crippen LogP contribution in [0.4, 0.5) is 0 Å². The molecule has 0 fully saturated rings. The summed E-state index contributed by atoms with van der Waals surface area (Å²) in [7, 11) is -4.41. The van der Waals surface area contributed by atoms with Crippen molar-refractivity contribution in [3.05, 3.63) is 24.3 Å². The third-order valence-corrected chi connectivity index (χ3v) is 9.34. The fourth-order valence-corrected chi connectivity index (χ4v) is 6.07. The van der Waals surface area contributed by atoms with E-state index in [1.807, 2.05) is 0 Å². The number of aliphatic hydroxyl groups excluding tert-OH is 1. The first kappa shape index (κ1) is 47.5. The number of phosphoric acid groups is 1. The lowest BCUT2D eigenvalue weighted by molar-refractivity contribution is -0.147. The smallest absolute Gasteiger partial charge is 0.463 e. The summed E-state index contributed by atoms with van der Waals surface area (Å²) in [6, 6.07) is 0. The van der Waals surface area contributed by atoms with Crippen LogP contribution in [0.2, 0.25) is 0 Å². The fourth-order valence-electron chi connectivity index (χ4n) is 5.31. The molecule has 0 heterocycles. The number of carbonyl (C=O) groups excluding carboxylic acids is 2. The van der Waals surface area contributed by atoms with Gasteiger partial charge in [-0.1, -0.05) is 128 Å². The van der Waals surface area contributed by atoms with E-state index in [2.05, 4.69) is 43.5 Å². The minimum absolute atomic E-state index is 0.0775. The van der Waals surface area contributed by atoms with Crippen LogP contribution in [0.3, 0.4) is 0 Å². The van der Waals surface area contributed by atoms with Gasteiger partial charge in [0.15, 0.2) is 0 Å². The third kappa shape index (κ3) is 37.6. The van der Waals surface area contributed by atoms with Crippen molar-refractivity contribution >= 4 is 19.7 Å². The first-order valence-electron chi connectivity index (χ1n) is 19.8. The van der Waals surface area contributed by atoms with Crippen molar-refractivity contribution in [2.24, 2.45) is 0 Å². The van der Waals surface area contributed by atoms with Gasteiger partial charge >= 0.3 is 13.8 Å². The van der Waals surface area contributed by atoms with Gasteiger partial charge in [0.1, 0.15) is 12.7 Å². The molecule has 2 unspecified atom stereocenters. The zero-order valence-electron chi connectivity index (χ0n) is 31.4. The Hall–Kier alpha value is -1.51. The van der Waals surface area contributed by atoms with Crippen LogP contribution in [0.5, 0.6) is 0 Å². The van der Waals surface area contributed by atoms with Crippen LogP contribution in [0, 0.1) is 0 Å². The standard InChI is InChI=1S/C39H74NO8P/c1-3-5-7-9-11-13-15-17-19-21-23-25-27-29-31-38(42)40-33-34-47-49(44,45)48-36-37(41)35-46-39(43)32-30-28-26-24-22-20-18-16-14-12-10-8-6-4-2/h15-18,37,41H,3-14,19-36H2,1-2H3,(H,40,42)(H,44,45)/b17-15-,18-16-. The Kier molecular flexibility index (Phi) is 35.2. The number of phosphoric ester groups is 1.